The van der Waals surface area contributed by atoms with Crippen LogP contribution in [0.5, 0.6) is 0 Å². The first-order valence-corrected chi connectivity index (χ1v) is 11.9. The van der Waals surface area contributed by atoms with Crippen LogP contribution in [-0.4, -0.2) is 28.7 Å². The van der Waals surface area contributed by atoms with Crippen molar-refractivity contribution in [1.82, 2.24) is 10.2 Å². The van der Waals surface area contributed by atoms with E-state index in [1.807, 2.05) is 13.8 Å². The third-order valence-electron chi connectivity index (χ3n) is 1.71. The second kappa shape index (κ2) is 8.97. The van der Waals surface area contributed by atoms with Crippen molar-refractivity contribution in [3.63, 3.8) is 0 Å². The van der Waals surface area contributed by atoms with Crippen LogP contribution < -0.4 is 0 Å². The number of rotatable bonds is 9. The van der Waals surface area contributed by atoms with E-state index in [0.29, 0.717) is 24.2 Å². The summed E-state index contributed by atoms with van der Waals surface area (Å²) in [6.45, 7) is 9.31. The third kappa shape index (κ3) is 6.89. The van der Waals surface area contributed by atoms with Crippen LogP contribution in [-0.2, 0) is 26.6 Å². The Labute approximate surface area is 132 Å². The molecule has 0 radical (unpaired) electrons. The zero-order chi connectivity index (χ0) is 14.3. The summed E-state index contributed by atoms with van der Waals surface area (Å²) >= 11 is 10.3. The van der Waals surface area contributed by atoms with E-state index in [9.17, 15) is 0 Å². The van der Waals surface area contributed by atoms with Crippen LogP contribution in [0.3, 0.4) is 0 Å². The van der Waals surface area contributed by atoms with E-state index in [2.05, 4.69) is 24.0 Å². The minimum Gasteiger partial charge on any atom is -0.322 e. The van der Waals surface area contributed by atoms with Crippen LogP contribution in [0.4, 0.5) is 0 Å². The fourth-order valence-corrected chi connectivity index (χ4v) is 7.91. The van der Waals surface area contributed by atoms with Gasteiger partial charge in [0.15, 0.2) is 4.34 Å². The summed E-state index contributed by atoms with van der Waals surface area (Å²) in [6, 6.07) is 0. The summed E-state index contributed by atoms with van der Waals surface area (Å²) in [4.78, 5) is 0. The van der Waals surface area contributed by atoms with Crippen molar-refractivity contribution >= 4 is 52.0 Å². The summed E-state index contributed by atoms with van der Waals surface area (Å²) in [6.07, 6.45) is 0. The topological polar surface area (TPSA) is 44.2 Å². The lowest BCUT2D eigenvalue weighted by atomic mass is 10.6. The SMILES string of the molecule is CCOP(=S)(OCC)SCc1nnc(SC(C)C)s1. The van der Waals surface area contributed by atoms with Gasteiger partial charge in [0.2, 0.25) is 5.69 Å². The first kappa shape index (κ1) is 17.9. The minimum atomic E-state index is -2.22. The maximum atomic E-state index is 5.58. The van der Waals surface area contributed by atoms with Gasteiger partial charge < -0.3 is 9.05 Å². The summed E-state index contributed by atoms with van der Waals surface area (Å²) < 4.78 is 12.2. The quantitative estimate of drug-likeness (QED) is 0.473. The van der Waals surface area contributed by atoms with Crippen LogP contribution in [0.15, 0.2) is 4.34 Å². The Bertz CT molecular complexity index is 417. The molecule has 9 heteroatoms. The smallest absolute Gasteiger partial charge is 0.247 e. The van der Waals surface area contributed by atoms with Gasteiger partial charge in [0.25, 0.3) is 0 Å². The molecule has 0 aliphatic carbocycles. The Morgan fingerprint density at radius 3 is 2.42 bits per heavy atom. The molecule has 0 N–H and O–H groups in total. The van der Waals surface area contributed by atoms with E-state index in [-0.39, 0.29) is 0 Å². The van der Waals surface area contributed by atoms with E-state index in [1.165, 1.54) is 11.4 Å². The molecule has 0 aromatic carbocycles. The van der Waals surface area contributed by atoms with Crippen LogP contribution in [0.25, 0.3) is 0 Å². The summed E-state index contributed by atoms with van der Waals surface area (Å²) in [7, 11) is 0. The van der Waals surface area contributed by atoms with E-state index >= 15 is 0 Å². The third-order valence-corrected chi connectivity index (χ3v) is 9.32. The highest BCUT2D eigenvalue weighted by atomic mass is 32.9. The highest BCUT2D eigenvalue weighted by Gasteiger charge is 2.20. The molecular weight excluding hydrogens is 339 g/mol. The molecule has 0 fully saturated rings. The molecule has 19 heavy (non-hydrogen) atoms. The first-order chi connectivity index (χ1) is 8.99. The standard InChI is InChI=1S/C10H19N2O2PS4/c1-5-13-15(16,14-6-2)17-7-9-11-12-10(19-9)18-8(3)4/h8H,5-7H2,1-4H3. The lowest BCUT2D eigenvalue weighted by Crippen LogP contribution is -1.92. The van der Waals surface area contributed by atoms with E-state index < -0.39 is 5.69 Å². The van der Waals surface area contributed by atoms with E-state index in [4.69, 9.17) is 20.9 Å². The molecule has 1 rings (SSSR count). The summed E-state index contributed by atoms with van der Waals surface area (Å²) in [5.74, 6) is 0.702. The van der Waals surface area contributed by atoms with Crippen LogP contribution in [0.2, 0.25) is 0 Å². The van der Waals surface area contributed by atoms with Crippen molar-refractivity contribution in [2.75, 3.05) is 13.2 Å². The molecular formula is C10H19N2O2PS4. The number of hydrogen-bond acceptors (Lipinski definition) is 8. The minimum absolute atomic E-state index is 0.519. The average molecular weight is 359 g/mol. The van der Waals surface area contributed by atoms with Crippen molar-refractivity contribution in [2.45, 2.75) is 43.0 Å². The molecule has 0 aliphatic rings. The van der Waals surface area contributed by atoms with Gasteiger partial charge in [-0.15, -0.1) is 10.2 Å². The van der Waals surface area contributed by atoms with Gasteiger partial charge in [0.1, 0.15) is 5.01 Å². The summed E-state index contributed by atoms with van der Waals surface area (Å²) in [5.41, 5.74) is -2.22. The molecule has 0 atom stereocenters. The fraction of sp³-hybridized carbons (Fsp3) is 0.800. The summed E-state index contributed by atoms with van der Waals surface area (Å²) in [5, 5.41) is 9.84. The van der Waals surface area contributed by atoms with Crippen molar-refractivity contribution in [1.29, 1.82) is 0 Å². The first-order valence-electron chi connectivity index (χ1n) is 6.01. The monoisotopic (exact) mass is 358 g/mol. The van der Waals surface area contributed by atoms with Crippen molar-refractivity contribution in [2.24, 2.45) is 0 Å². The second-order valence-electron chi connectivity index (χ2n) is 3.68. The zero-order valence-corrected chi connectivity index (χ0v) is 15.7. The molecule has 0 unspecified atom stereocenters. The van der Waals surface area contributed by atoms with Crippen molar-refractivity contribution in [3.05, 3.63) is 5.01 Å². The van der Waals surface area contributed by atoms with E-state index in [1.54, 1.807) is 23.1 Å². The molecule has 0 bridgehead atoms. The average Bonchev–Trinajstić information content (AvgIpc) is 2.74. The maximum absolute atomic E-state index is 5.58. The Morgan fingerprint density at radius 2 is 1.89 bits per heavy atom. The molecule has 0 aliphatic heterocycles. The highest BCUT2D eigenvalue weighted by molar-refractivity contribution is 8.67. The van der Waals surface area contributed by atoms with Crippen LogP contribution >= 0.6 is 40.2 Å². The van der Waals surface area contributed by atoms with Gasteiger partial charge in [-0.3, -0.25) is 0 Å². The predicted octanol–water partition coefficient (Wildman–Crippen LogP) is 4.57. The Kier molecular flexibility index (Phi) is 8.44. The van der Waals surface area contributed by atoms with Gasteiger partial charge in [0, 0.05) is 5.25 Å². The molecule has 110 valence electrons. The fourth-order valence-electron chi connectivity index (χ4n) is 1.11. The van der Waals surface area contributed by atoms with Gasteiger partial charge in [-0.1, -0.05) is 48.3 Å². The Hall–Kier alpha value is 0.830. The molecule has 0 saturated carbocycles. The predicted molar refractivity (Wildman–Crippen MR) is 89.7 cm³/mol. The lowest BCUT2D eigenvalue weighted by molar-refractivity contribution is 0.280. The molecule has 1 aromatic rings. The van der Waals surface area contributed by atoms with Crippen LogP contribution in [0, 0.1) is 0 Å². The van der Waals surface area contributed by atoms with E-state index in [0.717, 1.165) is 9.35 Å². The molecule has 4 nitrogen and oxygen atoms in total. The van der Waals surface area contributed by atoms with Crippen molar-refractivity contribution in [3.8, 4) is 0 Å². The largest absolute Gasteiger partial charge is 0.322 e. The van der Waals surface area contributed by atoms with Crippen molar-refractivity contribution < 1.29 is 9.05 Å². The van der Waals surface area contributed by atoms with Gasteiger partial charge in [-0.05, 0) is 25.7 Å². The number of nitrogens with zero attached hydrogens (tertiary/aromatic N) is 2. The van der Waals surface area contributed by atoms with Crippen LogP contribution in [0.1, 0.15) is 32.7 Å². The zero-order valence-electron chi connectivity index (χ0n) is 11.5. The maximum Gasteiger partial charge on any atom is 0.247 e. The lowest BCUT2D eigenvalue weighted by Gasteiger charge is -2.19. The molecule has 0 spiro atoms. The number of hydrogen-bond donors (Lipinski definition) is 0. The Balaban J connectivity index is 2.54. The molecule has 1 aromatic heterocycles. The number of thioether (sulfide) groups is 1. The van der Waals surface area contributed by atoms with Gasteiger partial charge in [-0.25, -0.2) is 0 Å². The second-order valence-corrected chi connectivity index (χ2v) is 12.9. The normalized spacial score (nSPS) is 12.3. The Morgan fingerprint density at radius 1 is 1.26 bits per heavy atom. The molecule has 0 saturated heterocycles. The molecule has 1 heterocycles. The van der Waals surface area contributed by atoms with Gasteiger partial charge >= 0.3 is 0 Å². The van der Waals surface area contributed by atoms with Gasteiger partial charge in [0.05, 0.1) is 19.0 Å². The highest BCUT2D eigenvalue weighted by Crippen LogP contribution is 2.62. The molecule has 0 amide bonds. The number of aromatic nitrogens is 2. The van der Waals surface area contributed by atoms with Gasteiger partial charge in [-0.2, -0.15) is 0 Å².